The van der Waals surface area contributed by atoms with Crippen LogP contribution in [0.15, 0.2) is 107 Å². The molecule has 0 aromatic heterocycles. The number of benzene rings is 4. The average molecular weight is 576 g/mol. The van der Waals surface area contributed by atoms with Crippen LogP contribution in [0, 0.1) is 0 Å². The third-order valence-electron chi connectivity index (χ3n) is 5.45. The Morgan fingerprint density at radius 2 is 1.51 bits per heavy atom. The number of carbonyl (C=O) groups excluding carboxylic acids is 1. The van der Waals surface area contributed by atoms with Gasteiger partial charge in [0, 0.05) is 17.1 Å². The first-order chi connectivity index (χ1) is 18.1. The maximum absolute atomic E-state index is 12.5. The van der Waals surface area contributed by atoms with Gasteiger partial charge in [0.15, 0.2) is 11.5 Å². The molecule has 1 amide bonds. The highest BCUT2D eigenvalue weighted by atomic mass is 79.9. The van der Waals surface area contributed by atoms with Crippen LogP contribution in [0.3, 0.4) is 0 Å². The normalized spacial score (nSPS) is 10.9. The summed E-state index contributed by atoms with van der Waals surface area (Å²) < 4.78 is 12.2. The van der Waals surface area contributed by atoms with E-state index < -0.39 is 0 Å². The average Bonchev–Trinajstić information content (AvgIpc) is 2.93. The van der Waals surface area contributed by atoms with Crippen LogP contribution in [0.2, 0.25) is 0 Å². The van der Waals surface area contributed by atoms with Gasteiger partial charge in [-0.05, 0) is 62.4 Å². The summed E-state index contributed by atoms with van der Waals surface area (Å²) >= 11 is 5.40. The van der Waals surface area contributed by atoms with Crippen molar-refractivity contribution < 1.29 is 14.3 Å². The second kappa shape index (κ2) is 13.7. The number of ether oxygens (including phenoxy) is 2. The van der Waals surface area contributed by atoms with E-state index in [-0.39, 0.29) is 5.91 Å². The number of hydrazone groups is 1. The van der Waals surface area contributed by atoms with Crippen LogP contribution in [0.5, 0.6) is 11.5 Å². The molecule has 0 aliphatic rings. The molecule has 0 aliphatic heterocycles. The summed E-state index contributed by atoms with van der Waals surface area (Å²) in [5.41, 5.74) is 7.43. The van der Waals surface area contributed by atoms with Crippen LogP contribution in [0.4, 0.5) is 0 Å². The molecule has 0 saturated carbocycles. The summed E-state index contributed by atoms with van der Waals surface area (Å²) in [5.74, 6) is 2.75. The SMILES string of the molecule is COc1cc(/C=N\NC(=O)c2ccc(CSCc3ccccc3)cc2)cc(Br)c1OCc1ccccc1. The fraction of sp³-hybridized carbons (Fsp3) is 0.133. The van der Waals surface area contributed by atoms with Crippen molar-refractivity contribution in [1.82, 2.24) is 5.43 Å². The molecular weight excluding hydrogens is 548 g/mol. The molecule has 0 bridgehead atoms. The minimum Gasteiger partial charge on any atom is -0.493 e. The number of rotatable bonds is 11. The Bertz CT molecular complexity index is 1330. The van der Waals surface area contributed by atoms with Gasteiger partial charge < -0.3 is 9.47 Å². The van der Waals surface area contributed by atoms with Gasteiger partial charge in [0.05, 0.1) is 17.8 Å². The van der Waals surface area contributed by atoms with Crippen LogP contribution >= 0.6 is 27.7 Å². The van der Waals surface area contributed by atoms with Gasteiger partial charge >= 0.3 is 0 Å². The summed E-state index contributed by atoms with van der Waals surface area (Å²) in [4.78, 5) is 12.5. The zero-order chi connectivity index (χ0) is 25.9. The Morgan fingerprint density at radius 1 is 0.892 bits per heavy atom. The van der Waals surface area contributed by atoms with E-state index in [0.717, 1.165) is 27.1 Å². The van der Waals surface area contributed by atoms with Gasteiger partial charge in [0.2, 0.25) is 0 Å². The lowest BCUT2D eigenvalue weighted by molar-refractivity contribution is 0.0955. The lowest BCUT2D eigenvalue weighted by Crippen LogP contribution is -2.17. The number of thioether (sulfide) groups is 1. The van der Waals surface area contributed by atoms with Crippen LogP contribution in [-0.4, -0.2) is 19.2 Å². The zero-order valence-electron chi connectivity index (χ0n) is 20.4. The Hall–Kier alpha value is -3.55. The second-order valence-corrected chi connectivity index (χ2v) is 10.0. The summed E-state index contributed by atoms with van der Waals surface area (Å²) in [5, 5.41) is 4.12. The van der Waals surface area contributed by atoms with Gasteiger partial charge in [0.25, 0.3) is 5.91 Å². The summed E-state index contributed by atoms with van der Waals surface area (Å²) in [6.07, 6.45) is 1.57. The molecule has 0 radical (unpaired) electrons. The van der Waals surface area contributed by atoms with Crippen LogP contribution in [0.25, 0.3) is 0 Å². The number of nitrogens with zero attached hydrogens (tertiary/aromatic N) is 1. The predicted octanol–water partition coefficient (Wildman–Crippen LogP) is 7.23. The largest absolute Gasteiger partial charge is 0.493 e. The van der Waals surface area contributed by atoms with Crippen molar-refractivity contribution in [3.8, 4) is 11.5 Å². The first-order valence-corrected chi connectivity index (χ1v) is 13.7. The molecule has 0 unspecified atom stereocenters. The van der Waals surface area contributed by atoms with Gasteiger partial charge in [-0.3, -0.25) is 4.79 Å². The van der Waals surface area contributed by atoms with Crippen LogP contribution in [0.1, 0.15) is 32.6 Å². The number of carbonyl (C=O) groups is 1. The molecule has 0 fully saturated rings. The second-order valence-electron chi connectivity index (χ2n) is 8.18. The molecule has 0 aliphatic carbocycles. The van der Waals surface area contributed by atoms with Crippen molar-refractivity contribution in [2.45, 2.75) is 18.1 Å². The third kappa shape index (κ3) is 7.97. The van der Waals surface area contributed by atoms with E-state index in [0.29, 0.717) is 23.7 Å². The Labute approximate surface area is 230 Å². The van der Waals surface area contributed by atoms with Gasteiger partial charge in [-0.15, -0.1) is 0 Å². The Balaban J connectivity index is 1.30. The first kappa shape index (κ1) is 26.5. The van der Waals surface area contributed by atoms with Crippen molar-refractivity contribution in [3.05, 3.63) is 129 Å². The molecule has 0 atom stereocenters. The lowest BCUT2D eigenvalue weighted by Gasteiger charge is -2.13. The first-order valence-electron chi connectivity index (χ1n) is 11.7. The number of halogens is 1. The number of amides is 1. The van der Waals surface area contributed by atoms with E-state index in [9.17, 15) is 4.79 Å². The van der Waals surface area contributed by atoms with Crippen molar-refractivity contribution in [1.29, 1.82) is 0 Å². The van der Waals surface area contributed by atoms with Gasteiger partial charge in [-0.25, -0.2) is 5.43 Å². The van der Waals surface area contributed by atoms with Crippen molar-refractivity contribution in [2.75, 3.05) is 7.11 Å². The number of hydrogen-bond acceptors (Lipinski definition) is 5. The monoisotopic (exact) mass is 574 g/mol. The minimum atomic E-state index is -0.270. The molecule has 4 aromatic carbocycles. The maximum Gasteiger partial charge on any atom is 0.271 e. The highest BCUT2D eigenvalue weighted by molar-refractivity contribution is 9.10. The highest BCUT2D eigenvalue weighted by Gasteiger charge is 2.12. The van der Waals surface area contributed by atoms with E-state index in [1.54, 1.807) is 13.3 Å². The van der Waals surface area contributed by atoms with Gasteiger partial charge in [-0.2, -0.15) is 16.9 Å². The molecule has 7 heteroatoms. The summed E-state index contributed by atoms with van der Waals surface area (Å²) in [6, 6.07) is 31.6. The van der Waals surface area contributed by atoms with Crippen molar-refractivity contribution in [3.63, 3.8) is 0 Å². The number of hydrogen-bond donors (Lipinski definition) is 1. The van der Waals surface area contributed by atoms with Gasteiger partial charge in [-0.1, -0.05) is 72.8 Å². The van der Waals surface area contributed by atoms with E-state index in [1.165, 1.54) is 11.1 Å². The predicted molar refractivity (Wildman–Crippen MR) is 154 cm³/mol. The highest BCUT2D eigenvalue weighted by Crippen LogP contribution is 2.36. The Kier molecular flexibility index (Phi) is 9.80. The van der Waals surface area contributed by atoms with E-state index >= 15 is 0 Å². The van der Waals surface area contributed by atoms with E-state index in [2.05, 4.69) is 50.7 Å². The molecule has 0 saturated heterocycles. The molecule has 0 spiro atoms. The fourth-order valence-corrected chi connectivity index (χ4v) is 5.06. The molecule has 4 aromatic rings. The van der Waals surface area contributed by atoms with Crippen molar-refractivity contribution >= 4 is 39.8 Å². The molecule has 188 valence electrons. The maximum atomic E-state index is 12.5. The molecular formula is C30H27BrN2O3S. The molecule has 37 heavy (non-hydrogen) atoms. The van der Waals surface area contributed by atoms with E-state index in [1.807, 2.05) is 84.6 Å². The fourth-order valence-electron chi connectivity index (χ4n) is 3.53. The summed E-state index contributed by atoms with van der Waals surface area (Å²) in [7, 11) is 1.59. The zero-order valence-corrected chi connectivity index (χ0v) is 22.8. The Morgan fingerprint density at radius 3 is 2.16 bits per heavy atom. The smallest absolute Gasteiger partial charge is 0.271 e. The molecule has 1 N–H and O–H groups in total. The minimum absolute atomic E-state index is 0.270. The topological polar surface area (TPSA) is 59.9 Å². The quantitative estimate of drug-likeness (QED) is 0.151. The van der Waals surface area contributed by atoms with Gasteiger partial charge in [0.1, 0.15) is 6.61 Å². The van der Waals surface area contributed by atoms with E-state index in [4.69, 9.17) is 9.47 Å². The standard InChI is InChI=1S/C30H27BrN2O3S/c1-35-28-17-25(16-27(31)29(28)36-19-22-8-4-2-5-9-22)18-32-33-30(34)26-14-12-24(13-15-26)21-37-20-23-10-6-3-7-11-23/h2-18H,19-21H2,1H3,(H,33,34)/b32-18-. The van der Waals surface area contributed by atoms with Crippen molar-refractivity contribution in [2.24, 2.45) is 5.10 Å². The number of nitrogens with one attached hydrogen (secondary N) is 1. The van der Waals surface area contributed by atoms with Crippen LogP contribution in [-0.2, 0) is 18.1 Å². The summed E-state index contributed by atoms with van der Waals surface area (Å²) in [6.45, 7) is 0.420. The molecule has 5 nitrogen and oxygen atoms in total. The molecule has 0 heterocycles. The van der Waals surface area contributed by atoms with Crippen LogP contribution < -0.4 is 14.9 Å². The molecule has 4 rings (SSSR count). The lowest BCUT2D eigenvalue weighted by atomic mass is 10.1. The third-order valence-corrected chi connectivity index (χ3v) is 7.12. The number of methoxy groups -OCH3 is 1.